The minimum absolute atomic E-state index is 0.0120. The van der Waals surface area contributed by atoms with Crippen LogP contribution in [0.1, 0.15) is 42.5 Å². The Labute approximate surface area is 292 Å². The van der Waals surface area contributed by atoms with Crippen LogP contribution in [0.4, 0.5) is 5.69 Å². The summed E-state index contributed by atoms with van der Waals surface area (Å²) in [5.74, 6) is -0.972. The van der Waals surface area contributed by atoms with Crippen LogP contribution in [0.25, 0.3) is 0 Å². The number of sulfonamides is 1. The quantitative estimate of drug-likeness (QED) is 0.152. The number of anilines is 1. The van der Waals surface area contributed by atoms with E-state index < -0.39 is 28.5 Å². The van der Waals surface area contributed by atoms with E-state index in [9.17, 15) is 18.0 Å². The lowest BCUT2D eigenvalue weighted by Gasteiger charge is -2.35. The van der Waals surface area contributed by atoms with Gasteiger partial charge in [0.05, 0.1) is 10.6 Å². The van der Waals surface area contributed by atoms with Gasteiger partial charge in [0, 0.05) is 34.1 Å². The van der Waals surface area contributed by atoms with Gasteiger partial charge in [-0.05, 0) is 80.3 Å². The zero-order valence-corrected chi connectivity index (χ0v) is 29.8. The molecule has 4 rings (SSSR count). The Morgan fingerprint density at radius 3 is 2.13 bits per heavy atom. The van der Waals surface area contributed by atoms with Crippen molar-refractivity contribution < 1.29 is 18.0 Å². The summed E-state index contributed by atoms with van der Waals surface area (Å²) in [4.78, 5) is 30.1. The van der Waals surface area contributed by atoms with Crippen LogP contribution in [0, 0.1) is 13.8 Å². The average molecular weight is 715 g/mol. The highest BCUT2D eigenvalue weighted by molar-refractivity contribution is 7.92. The summed E-state index contributed by atoms with van der Waals surface area (Å²) in [7, 11) is -4.27. The van der Waals surface area contributed by atoms with Gasteiger partial charge in [0.25, 0.3) is 10.0 Å². The molecule has 4 aromatic rings. The predicted octanol–water partition coefficient (Wildman–Crippen LogP) is 8.01. The summed E-state index contributed by atoms with van der Waals surface area (Å²) >= 11 is 19.1. The number of rotatable bonds is 13. The molecule has 248 valence electrons. The third kappa shape index (κ3) is 9.29. The first-order chi connectivity index (χ1) is 22.3. The maximum Gasteiger partial charge on any atom is 0.264 e. The number of benzene rings is 4. The fourth-order valence-electron chi connectivity index (χ4n) is 5.03. The highest BCUT2D eigenvalue weighted by Crippen LogP contribution is 2.31. The van der Waals surface area contributed by atoms with Gasteiger partial charge in [-0.2, -0.15) is 0 Å². The molecule has 7 nitrogen and oxygen atoms in total. The van der Waals surface area contributed by atoms with Gasteiger partial charge in [0.1, 0.15) is 12.6 Å². The molecule has 0 aromatic heterocycles. The first-order valence-corrected chi connectivity index (χ1v) is 17.8. The van der Waals surface area contributed by atoms with E-state index in [1.807, 2.05) is 51.1 Å². The first kappa shape index (κ1) is 36.3. The summed E-state index contributed by atoms with van der Waals surface area (Å²) in [6, 6.07) is 24.4. The Morgan fingerprint density at radius 1 is 0.851 bits per heavy atom. The van der Waals surface area contributed by atoms with Crippen LogP contribution in [0.3, 0.4) is 0 Å². The lowest BCUT2D eigenvalue weighted by atomic mass is 10.0. The third-order valence-corrected chi connectivity index (χ3v) is 10.6. The van der Waals surface area contributed by atoms with Crippen LogP contribution in [0.5, 0.6) is 0 Å². The Hall–Kier alpha value is -3.56. The van der Waals surface area contributed by atoms with Gasteiger partial charge in [-0.25, -0.2) is 8.42 Å². The van der Waals surface area contributed by atoms with Crippen LogP contribution in [-0.2, 0) is 32.6 Å². The van der Waals surface area contributed by atoms with Crippen molar-refractivity contribution >= 4 is 62.3 Å². The Bertz CT molecular complexity index is 1820. The lowest BCUT2D eigenvalue weighted by molar-refractivity contribution is -0.140. The second-order valence-corrected chi connectivity index (χ2v) is 14.7. The molecule has 0 unspecified atom stereocenters. The standard InChI is InChI=1S/C36H38Cl3N3O4S/c1-5-26(4)40-36(44)34(19-27-9-7-6-8-10-27)41(22-28-14-16-29(37)20-32(28)39)35(43)23-42(33-21-30(38)15-13-25(33)3)47(45,46)31-17-11-24(2)12-18-31/h6-18,20-21,26,34H,5,19,22-23H2,1-4H3,(H,40,44)/t26-,34-/m1/s1. The van der Waals surface area contributed by atoms with E-state index in [0.717, 1.165) is 15.4 Å². The van der Waals surface area contributed by atoms with Gasteiger partial charge in [-0.15, -0.1) is 0 Å². The number of hydrogen-bond acceptors (Lipinski definition) is 4. The van der Waals surface area contributed by atoms with Gasteiger partial charge in [0.2, 0.25) is 11.8 Å². The van der Waals surface area contributed by atoms with E-state index in [2.05, 4.69) is 5.32 Å². The molecule has 2 amide bonds. The molecule has 0 radical (unpaired) electrons. The van der Waals surface area contributed by atoms with Gasteiger partial charge in [-0.3, -0.25) is 13.9 Å². The van der Waals surface area contributed by atoms with Gasteiger partial charge in [-0.1, -0.05) is 102 Å². The number of halogens is 3. The largest absolute Gasteiger partial charge is 0.352 e. The second-order valence-electron chi connectivity index (χ2n) is 11.5. The average Bonchev–Trinajstić information content (AvgIpc) is 3.04. The molecule has 0 fully saturated rings. The van der Waals surface area contributed by atoms with Crippen LogP contribution in [0.2, 0.25) is 15.1 Å². The van der Waals surface area contributed by atoms with Crippen LogP contribution in [-0.4, -0.2) is 43.8 Å². The Morgan fingerprint density at radius 2 is 1.49 bits per heavy atom. The maximum atomic E-state index is 14.7. The SMILES string of the molecule is CC[C@@H](C)NC(=O)[C@@H](Cc1ccccc1)N(Cc1ccc(Cl)cc1Cl)C(=O)CN(c1cc(Cl)ccc1C)S(=O)(=O)c1ccc(C)cc1. The molecular formula is C36H38Cl3N3O4S. The Kier molecular flexibility index (Phi) is 12.4. The number of carbonyl (C=O) groups excluding carboxylic acids is 2. The summed E-state index contributed by atoms with van der Waals surface area (Å²) in [6.45, 7) is 6.76. The van der Waals surface area contributed by atoms with E-state index in [0.29, 0.717) is 32.6 Å². The molecular weight excluding hydrogens is 677 g/mol. The molecule has 11 heteroatoms. The highest BCUT2D eigenvalue weighted by atomic mass is 35.5. The van der Waals surface area contributed by atoms with Crippen LogP contribution in [0.15, 0.2) is 95.9 Å². The fourth-order valence-corrected chi connectivity index (χ4v) is 7.14. The lowest BCUT2D eigenvalue weighted by Crippen LogP contribution is -2.54. The fraction of sp³-hybridized carbons (Fsp3) is 0.278. The maximum absolute atomic E-state index is 14.7. The van der Waals surface area contributed by atoms with Crippen molar-refractivity contribution in [1.82, 2.24) is 10.2 Å². The van der Waals surface area contributed by atoms with Crippen LogP contribution < -0.4 is 9.62 Å². The molecule has 0 aliphatic rings. The third-order valence-electron chi connectivity index (χ3n) is 7.96. The number of aryl methyl sites for hydroxylation is 2. The van der Waals surface area contributed by atoms with Crippen molar-refractivity contribution in [2.75, 3.05) is 10.8 Å². The van der Waals surface area contributed by atoms with Crippen molar-refractivity contribution in [2.24, 2.45) is 0 Å². The van der Waals surface area contributed by atoms with E-state index in [4.69, 9.17) is 34.8 Å². The van der Waals surface area contributed by atoms with E-state index in [1.54, 1.807) is 49.4 Å². The van der Waals surface area contributed by atoms with Gasteiger partial charge < -0.3 is 10.2 Å². The zero-order chi connectivity index (χ0) is 34.3. The molecule has 0 aliphatic heterocycles. The minimum atomic E-state index is -4.27. The Balaban J connectivity index is 1.86. The van der Waals surface area contributed by atoms with Crippen LogP contribution >= 0.6 is 34.8 Å². The number of nitrogens with zero attached hydrogens (tertiary/aromatic N) is 2. The molecule has 47 heavy (non-hydrogen) atoms. The predicted molar refractivity (Wildman–Crippen MR) is 191 cm³/mol. The van der Waals surface area contributed by atoms with E-state index in [-0.39, 0.29) is 35.5 Å². The molecule has 1 N–H and O–H groups in total. The topological polar surface area (TPSA) is 86.8 Å². The number of carbonyl (C=O) groups is 2. The highest BCUT2D eigenvalue weighted by Gasteiger charge is 2.35. The molecule has 0 saturated carbocycles. The number of hydrogen-bond donors (Lipinski definition) is 1. The summed E-state index contributed by atoms with van der Waals surface area (Å²) in [5.41, 5.74) is 3.10. The molecule has 0 saturated heterocycles. The van der Waals surface area contributed by atoms with Crippen molar-refractivity contribution in [3.05, 3.63) is 128 Å². The molecule has 0 spiro atoms. The molecule has 0 heterocycles. The monoisotopic (exact) mass is 713 g/mol. The van der Waals surface area contributed by atoms with Gasteiger partial charge >= 0.3 is 0 Å². The second kappa shape index (κ2) is 16.0. The minimum Gasteiger partial charge on any atom is -0.352 e. The van der Waals surface area contributed by atoms with Crippen molar-refractivity contribution in [2.45, 2.75) is 64.1 Å². The summed E-state index contributed by atoms with van der Waals surface area (Å²) < 4.78 is 29.6. The van der Waals surface area contributed by atoms with E-state index >= 15 is 0 Å². The van der Waals surface area contributed by atoms with Crippen molar-refractivity contribution in [1.29, 1.82) is 0 Å². The molecule has 2 atom stereocenters. The number of amides is 2. The number of nitrogens with one attached hydrogen (secondary N) is 1. The molecule has 0 aliphatic carbocycles. The zero-order valence-electron chi connectivity index (χ0n) is 26.7. The first-order valence-electron chi connectivity index (χ1n) is 15.2. The summed E-state index contributed by atoms with van der Waals surface area (Å²) in [5, 5.41) is 4.06. The molecule has 4 aromatic carbocycles. The normalized spacial score (nSPS) is 12.7. The van der Waals surface area contributed by atoms with Crippen molar-refractivity contribution in [3.8, 4) is 0 Å². The van der Waals surface area contributed by atoms with Gasteiger partial charge in [0.15, 0.2) is 0 Å². The van der Waals surface area contributed by atoms with Crippen molar-refractivity contribution in [3.63, 3.8) is 0 Å². The van der Waals surface area contributed by atoms with E-state index in [1.165, 1.54) is 23.1 Å². The molecule has 0 bridgehead atoms. The summed E-state index contributed by atoms with van der Waals surface area (Å²) in [6.07, 6.45) is 0.859. The smallest absolute Gasteiger partial charge is 0.264 e.